The van der Waals surface area contributed by atoms with E-state index in [0.717, 1.165) is 0 Å². The predicted molar refractivity (Wildman–Crippen MR) is 60.5 cm³/mol. The maximum Gasteiger partial charge on any atom is 0.218 e. The number of aliphatic hydroxyl groups is 1. The van der Waals surface area contributed by atoms with Crippen LogP contribution in [0.1, 0.15) is 23.8 Å². The van der Waals surface area contributed by atoms with Crippen LogP contribution < -0.4 is 4.74 Å². The third kappa shape index (κ3) is 2.96. The monoisotopic (exact) mass is 239 g/mol. The van der Waals surface area contributed by atoms with Crippen LogP contribution in [0.3, 0.4) is 0 Å². The van der Waals surface area contributed by atoms with E-state index in [1.54, 1.807) is 18.7 Å². The highest BCUT2D eigenvalue weighted by Crippen LogP contribution is 2.29. The summed E-state index contributed by atoms with van der Waals surface area (Å²) < 4.78 is 12.2. The van der Waals surface area contributed by atoms with Gasteiger partial charge in [-0.05, 0) is 13.3 Å². The fraction of sp³-hybridized carbons (Fsp3) is 0.636. The summed E-state index contributed by atoms with van der Waals surface area (Å²) in [5.74, 6) is 0.526. The smallest absolute Gasteiger partial charge is 0.218 e. The second-order valence-corrected chi connectivity index (χ2v) is 3.59. The van der Waals surface area contributed by atoms with Gasteiger partial charge in [0.1, 0.15) is 0 Å². The zero-order chi connectivity index (χ0) is 12.8. The molecule has 0 fully saturated rings. The van der Waals surface area contributed by atoms with E-state index in [1.807, 2.05) is 0 Å². The number of hydrogen-bond acceptors (Lipinski definition) is 5. The Bertz CT molecular complexity index is 409. The summed E-state index contributed by atoms with van der Waals surface area (Å²) >= 11 is 0. The third-order valence-electron chi connectivity index (χ3n) is 2.37. The van der Waals surface area contributed by atoms with Gasteiger partial charge in [-0.15, -0.1) is 0 Å². The number of rotatable bonds is 6. The Morgan fingerprint density at radius 3 is 2.82 bits per heavy atom. The Labute approximate surface area is 100 Å². The Balaban J connectivity index is 2.92. The van der Waals surface area contributed by atoms with E-state index in [1.165, 1.54) is 7.11 Å². The van der Waals surface area contributed by atoms with E-state index in [-0.39, 0.29) is 6.61 Å². The number of aryl methyl sites for hydroxylation is 2. The van der Waals surface area contributed by atoms with Crippen LogP contribution in [0.2, 0.25) is 0 Å². The van der Waals surface area contributed by atoms with Crippen molar-refractivity contribution in [1.82, 2.24) is 9.78 Å². The first-order chi connectivity index (χ1) is 8.15. The molecule has 0 amide bonds. The topological polar surface area (TPSA) is 80.3 Å². The molecule has 0 aliphatic heterocycles. The van der Waals surface area contributed by atoms with Gasteiger partial charge in [-0.1, -0.05) is 0 Å². The summed E-state index contributed by atoms with van der Waals surface area (Å²) in [6.07, 6.45) is -0.218. The molecule has 0 bridgehead atoms. The maximum atomic E-state index is 9.10. The first kappa shape index (κ1) is 13.5. The SMILES string of the molecule is COc1c(C(C#N)OCCCO)c(C)nn1C. The van der Waals surface area contributed by atoms with Gasteiger partial charge in [-0.2, -0.15) is 10.4 Å². The number of ether oxygens (including phenoxy) is 2. The van der Waals surface area contributed by atoms with Crippen molar-refractivity contribution in [2.24, 2.45) is 7.05 Å². The van der Waals surface area contributed by atoms with Crippen LogP contribution in [0.15, 0.2) is 0 Å². The molecule has 0 aliphatic carbocycles. The highest BCUT2D eigenvalue weighted by Gasteiger charge is 2.23. The average molecular weight is 239 g/mol. The number of nitrogens with zero attached hydrogens (tertiary/aromatic N) is 3. The van der Waals surface area contributed by atoms with Crippen LogP contribution in [0.4, 0.5) is 0 Å². The lowest BCUT2D eigenvalue weighted by Crippen LogP contribution is -2.07. The average Bonchev–Trinajstić information content (AvgIpc) is 2.59. The van der Waals surface area contributed by atoms with Crippen molar-refractivity contribution in [3.63, 3.8) is 0 Å². The second kappa shape index (κ2) is 6.23. The minimum absolute atomic E-state index is 0.0430. The number of aliphatic hydroxyl groups excluding tert-OH is 1. The minimum Gasteiger partial charge on any atom is -0.481 e. The molecule has 17 heavy (non-hydrogen) atoms. The molecule has 0 spiro atoms. The van der Waals surface area contributed by atoms with E-state index in [2.05, 4.69) is 11.2 Å². The number of aromatic nitrogens is 2. The molecule has 1 heterocycles. The molecular weight excluding hydrogens is 222 g/mol. The molecule has 6 heteroatoms. The molecule has 0 saturated heterocycles. The van der Waals surface area contributed by atoms with Crippen LogP contribution in [0.5, 0.6) is 5.88 Å². The van der Waals surface area contributed by atoms with Crippen molar-refractivity contribution in [3.8, 4) is 11.9 Å². The van der Waals surface area contributed by atoms with Crippen LogP contribution in [-0.2, 0) is 11.8 Å². The quantitative estimate of drug-likeness (QED) is 0.739. The largest absolute Gasteiger partial charge is 0.481 e. The Hall–Kier alpha value is -1.58. The molecule has 1 N–H and O–H groups in total. The lowest BCUT2D eigenvalue weighted by Gasteiger charge is -2.11. The van der Waals surface area contributed by atoms with E-state index in [4.69, 9.17) is 19.8 Å². The molecule has 6 nitrogen and oxygen atoms in total. The van der Waals surface area contributed by atoms with Gasteiger partial charge in [0.15, 0.2) is 6.10 Å². The normalized spacial score (nSPS) is 12.2. The third-order valence-corrected chi connectivity index (χ3v) is 2.37. The molecule has 94 valence electrons. The Kier molecular flexibility index (Phi) is 4.94. The lowest BCUT2D eigenvalue weighted by molar-refractivity contribution is 0.0753. The highest BCUT2D eigenvalue weighted by atomic mass is 16.5. The molecule has 1 unspecified atom stereocenters. The number of methoxy groups -OCH3 is 1. The van der Waals surface area contributed by atoms with Crippen molar-refractivity contribution < 1.29 is 14.6 Å². The maximum absolute atomic E-state index is 9.10. The van der Waals surface area contributed by atoms with E-state index in [9.17, 15) is 0 Å². The van der Waals surface area contributed by atoms with Crippen LogP contribution >= 0.6 is 0 Å². The van der Waals surface area contributed by atoms with Crippen molar-refractivity contribution in [1.29, 1.82) is 5.26 Å². The molecule has 0 aromatic carbocycles. The number of nitriles is 1. The molecule has 0 radical (unpaired) electrons. The Morgan fingerprint density at radius 1 is 1.59 bits per heavy atom. The zero-order valence-corrected chi connectivity index (χ0v) is 10.3. The fourth-order valence-corrected chi connectivity index (χ4v) is 1.65. The molecule has 1 atom stereocenters. The van der Waals surface area contributed by atoms with E-state index < -0.39 is 6.10 Å². The first-order valence-electron chi connectivity index (χ1n) is 5.35. The van der Waals surface area contributed by atoms with Crippen LogP contribution in [0.25, 0.3) is 0 Å². The van der Waals surface area contributed by atoms with Gasteiger partial charge in [0.25, 0.3) is 0 Å². The number of hydrogen-bond donors (Lipinski definition) is 1. The van der Waals surface area contributed by atoms with Crippen molar-refractivity contribution in [2.45, 2.75) is 19.4 Å². The molecular formula is C11H17N3O3. The molecule has 0 saturated carbocycles. The summed E-state index contributed by atoms with van der Waals surface area (Å²) in [6.45, 7) is 2.17. The Morgan fingerprint density at radius 2 is 2.29 bits per heavy atom. The lowest BCUT2D eigenvalue weighted by atomic mass is 10.1. The van der Waals surface area contributed by atoms with Crippen LogP contribution in [-0.4, -0.2) is 35.2 Å². The zero-order valence-electron chi connectivity index (χ0n) is 10.3. The van der Waals surface area contributed by atoms with Gasteiger partial charge in [-0.3, -0.25) is 0 Å². The van der Waals surface area contributed by atoms with Gasteiger partial charge >= 0.3 is 0 Å². The van der Waals surface area contributed by atoms with Gasteiger partial charge in [0, 0.05) is 13.7 Å². The predicted octanol–water partition coefficient (Wildman–Crippen LogP) is 0.701. The van der Waals surface area contributed by atoms with E-state index in [0.29, 0.717) is 30.2 Å². The molecule has 1 aromatic rings. The fourth-order valence-electron chi connectivity index (χ4n) is 1.65. The minimum atomic E-state index is -0.717. The van der Waals surface area contributed by atoms with Crippen LogP contribution in [0, 0.1) is 18.3 Å². The van der Waals surface area contributed by atoms with Gasteiger partial charge in [0.05, 0.1) is 31.0 Å². The van der Waals surface area contributed by atoms with Crippen molar-refractivity contribution >= 4 is 0 Å². The summed E-state index contributed by atoms with van der Waals surface area (Å²) in [7, 11) is 3.28. The molecule has 1 aromatic heterocycles. The highest BCUT2D eigenvalue weighted by molar-refractivity contribution is 5.36. The van der Waals surface area contributed by atoms with Gasteiger partial charge < -0.3 is 14.6 Å². The second-order valence-electron chi connectivity index (χ2n) is 3.59. The molecule has 1 rings (SSSR count). The summed E-state index contributed by atoms with van der Waals surface area (Å²) in [5.41, 5.74) is 1.36. The summed E-state index contributed by atoms with van der Waals surface area (Å²) in [4.78, 5) is 0. The summed E-state index contributed by atoms with van der Waals surface area (Å²) in [6, 6.07) is 2.07. The van der Waals surface area contributed by atoms with Crippen molar-refractivity contribution in [3.05, 3.63) is 11.3 Å². The van der Waals surface area contributed by atoms with Gasteiger partial charge in [0.2, 0.25) is 5.88 Å². The van der Waals surface area contributed by atoms with Crippen molar-refractivity contribution in [2.75, 3.05) is 20.3 Å². The standard InChI is InChI=1S/C11H17N3O3/c1-8-10(11(16-3)14(2)13-8)9(7-12)17-6-4-5-15/h9,15H,4-6H2,1-3H3. The first-order valence-corrected chi connectivity index (χ1v) is 5.35. The summed E-state index contributed by atoms with van der Waals surface area (Å²) in [5, 5.41) is 22.0. The van der Waals surface area contributed by atoms with Gasteiger partial charge in [-0.25, -0.2) is 4.68 Å². The molecule has 0 aliphatic rings. The van der Waals surface area contributed by atoms with E-state index >= 15 is 0 Å².